The SMILES string of the molecule is CCCCCCC(NCC)c1ccc2c(c1)COC2. The predicted octanol–water partition coefficient (Wildman–Crippen LogP) is 4.34. The number of hydrogen-bond acceptors (Lipinski definition) is 2. The summed E-state index contributed by atoms with van der Waals surface area (Å²) in [4.78, 5) is 0. The Bertz CT molecular complexity index is 389. The zero-order valence-corrected chi connectivity index (χ0v) is 12.4. The molecule has 1 aliphatic rings. The zero-order chi connectivity index (χ0) is 13.5. The van der Waals surface area contributed by atoms with Gasteiger partial charge in [-0.3, -0.25) is 0 Å². The molecule has 0 amide bonds. The van der Waals surface area contributed by atoms with Crippen molar-refractivity contribution in [2.24, 2.45) is 0 Å². The van der Waals surface area contributed by atoms with Gasteiger partial charge in [-0.05, 0) is 29.7 Å². The molecule has 0 radical (unpaired) electrons. The van der Waals surface area contributed by atoms with Gasteiger partial charge in [0, 0.05) is 6.04 Å². The number of ether oxygens (including phenoxy) is 1. The number of benzene rings is 1. The predicted molar refractivity (Wildman–Crippen MR) is 80.1 cm³/mol. The van der Waals surface area contributed by atoms with E-state index in [9.17, 15) is 0 Å². The smallest absolute Gasteiger partial charge is 0.0725 e. The van der Waals surface area contributed by atoms with Gasteiger partial charge in [0.1, 0.15) is 0 Å². The molecule has 0 saturated carbocycles. The van der Waals surface area contributed by atoms with Crippen LogP contribution in [0.3, 0.4) is 0 Å². The van der Waals surface area contributed by atoms with Gasteiger partial charge in [-0.25, -0.2) is 0 Å². The van der Waals surface area contributed by atoms with E-state index in [1.54, 1.807) is 0 Å². The van der Waals surface area contributed by atoms with Crippen LogP contribution in [0.4, 0.5) is 0 Å². The molecule has 1 aromatic rings. The molecule has 0 aliphatic carbocycles. The third-order valence-electron chi connectivity index (χ3n) is 3.94. The first-order chi connectivity index (χ1) is 9.35. The van der Waals surface area contributed by atoms with E-state index in [4.69, 9.17) is 4.74 Å². The van der Waals surface area contributed by atoms with Gasteiger partial charge in [-0.15, -0.1) is 0 Å². The molecule has 1 aromatic carbocycles. The highest BCUT2D eigenvalue weighted by molar-refractivity contribution is 5.34. The van der Waals surface area contributed by atoms with E-state index in [1.165, 1.54) is 48.8 Å². The lowest BCUT2D eigenvalue weighted by atomic mass is 9.97. The first-order valence-corrected chi connectivity index (χ1v) is 7.78. The fourth-order valence-corrected chi connectivity index (χ4v) is 2.82. The quantitative estimate of drug-likeness (QED) is 0.703. The van der Waals surface area contributed by atoms with Gasteiger partial charge in [0.2, 0.25) is 0 Å². The second-order valence-corrected chi connectivity index (χ2v) is 5.48. The van der Waals surface area contributed by atoms with Crippen LogP contribution in [0.2, 0.25) is 0 Å². The Hall–Kier alpha value is -0.860. The molecule has 0 bridgehead atoms. The second-order valence-electron chi connectivity index (χ2n) is 5.48. The van der Waals surface area contributed by atoms with Crippen LogP contribution in [-0.4, -0.2) is 6.54 Å². The molecule has 19 heavy (non-hydrogen) atoms. The summed E-state index contributed by atoms with van der Waals surface area (Å²) in [5, 5.41) is 3.63. The third kappa shape index (κ3) is 4.05. The van der Waals surface area contributed by atoms with Gasteiger partial charge in [-0.1, -0.05) is 57.7 Å². The number of nitrogens with one attached hydrogen (secondary N) is 1. The molecule has 0 aromatic heterocycles. The highest BCUT2D eigenvalue weighted by atomic mass is 16.5. The van der Waals surface area contributed by atoms with Crippen molar-refractivity contribution in [2.45, 2.75) is 65.2 Å². The summed E-state index contributed by atoms with van der Waals surface area (Å²) < 4.78 is 5.50. The Morgan fingerprint density at radius 3 is 2.74 bits per heavy atom. The van der Waals surface area contributed by atoms with Crippen molar-refractivity contribution in [3.8, 4) is 0 Å². The van der Waals surface area contributed by atoms with Crippen molar-refractivity contribution in [3.63, 3.8) is 0 Å². The van der Waals surface area contributed by atoms with E-state index in [0.717, 1.165) is 19.8 Å². The lowest BCUT2D eigenvalue weighted by molar-refractivity contribution is 0.134. The molecule has 1 N–H and O–H groups in total. The van der Waals surface area contributed by atoms with E-state index >= 15 is 0 Å². The average molecular weight is 261 g/mol. The summed E-state index contributed by atoms with van der Waals surface area (Å²) in [7, 11) is 0. The Balaban J connectivity index is 1.97. The minimum absolute atomic E-state index is 0.507. The van der Waals surface area contributed by atoms with E-state index < -0.39 is 0 Å². The highest BCUT2D eigenvalue weighted by Crippen LogP contribution is 2.26. The van der Waals surface area contributed by atoms with E-state index in [0.29, 0.717) is 6.04 Å². The molecule has 1 heterocycles. The summed E-state index contributed by atoms with van der Waals surface area (Å²) in [6.45, 7) is 7.07. The molecule has 0 fully saturated rings. The molecule has 2 nitrogen and oxygen atoms in total. The minimum Gasteiger partial charge on any atom is -0.372 e. The number of hydrogen-bond donors (Lipinski definition) is 1. The van der Waals surface area contributed by atoms with Crippen LogP contribution in [0, 0.1) is 0 Å². The van der Waals surface area contributed by atoms with Crippen LogP contribution in [-0.2, 0) is 18.0 Å². The summed E-state index contributed by atoms with van der Waals surface area (Å²) in [5.41, 5.74) is 4.18. The first-order valence-electron chi connectivity index (χ1n) is 7.78. The Labute approximate surface area is 117 Å². The van der Waals surface area contributed by atoms with Crippen LogP contribution in [0.25, 0.3) is 0 Å². The normalized spacial score (nSPS) is 15.5. The zero-order valence-electron chi connectivity index (χ0n) is 12.4. The first kappa shape index (κ1) is 14.5. The average Bonchev–Trinajstić information content (AvgIpc) is 2.89. The maximum atomic E-state index is 5.50. The summed E-state index contributed by atoms with van der Waals surface area (Å²) in [5.74, 6) is 0. The number of fused-ring (bicyclic) bond motifs is 1. The number of rotatable bonds is 8. The van der Waals surface area contributed by atoms with Crippen molar-refractivity contribution in [3.05, 3.63) is 34.9 Å². The molecule has 106 valence electrons. The lowest BCUT2D eigenvalue weighted by Gasteiger charge is -2.19. The molecule has 1 aliphatic heterocycles. The van der Waals surface area contributed by atoms with Gasteiger partial charge in [0.25, 0.3) is 0 Å². The molecule has 1 atom stereocenters. The third-order valence-corrected chi connectivity index (χ3v) is 3.94. The van der Waals surface area contributed by atoms with E-state index in [2.05, 4.69) is 37.4 Å². The van der Waals surface area contributed by atoms with Gasteiger partial charge >= 0.3 is 0 Å². The van der Waals surface area contributed by atoms with Gasteiger partial charge < -0.3 is 10.1 Å². The maximum absolute atomic E-state index is 5.50. The lowest BCUT2D eigenvalue weighted by Crippen LogP contribution is -2.21. The molecular formula is C17H27NO. The fraction of sp³-hybridized carbons (Fsp3) is 0.647. The molecular weight excluding hydrogens is 234 g/mol. The number of unbranched alkanes of at least 4 members (excludes halogenated alkanes) is 3. The van der Waals surface area contributed by atoms with Crippen molar-refractivity contribution < 1.29 is 4.74 Å². The molecule has 2 rings (SSSR count). The fourth-order valence-electron chi connectivity index (χ4n) is 2.82. The molecule has 2 heteroatoms. The van der Waals surface area contributed by atoms with Gasteiger partial charge in [0.15, 0.2) is 0 Å². The van der Waals surface area contributed by atoms with Crippen molar-refractivity contribution in [2.75, 3.05) is 6.54 Å². The largest absolute Gasteiger partial charge is 0.372 e. The topological polar surface area (TPSA) is 21.3 Å². The Morgan fingerprint density at radius 2 is 1.95 bits per heavy atom. The van der Waals surface area contributed by atoms with E-state index in [1.807, 2.05) is 0 Å². The summed E-state index contributed by atoms with van der Waals surface area (Å²) in [6.07, 6.45) is 6.58. The summed E-state index contributed by atoms with van der Waals surface area (Å²) >= 11 is 0. The Kier molecular flexibility index (Phi) is 5.87. The van der Waals surface area contributed by atoms with E-state index in [-0.39, 0.29) is 0 Å². The second kappa shape index (κ2) is 7.66. The highest BCUT2D eigenvalue weighted by Gasteiger charge is 2.15. The van der Waals surface area contributed by atoms with Crippen LogP contribution >= 0.6 is 0 Å². The van der Waals surface area contributed by atoms with Crippen molar-refractivity contribution in [1.29, 1.82) is 0 Å². The van der Waals surface area contributed by atoms with Crippen molar-refractivity contribution in [1.82, 2.24) is 5.32 Å². The van der Waals surface area contributed by atoms with Crippen molar-refractivity contribution >= 4 is 0 Å². The Morgan fingerprint density at radius 1 is 1.11 bits per heavy atom. The molecule has 1 unspecified atom stereocenters. The molecule has 0 spiro atoms. The van der Waals surface area contributed by atoms with Crippen LogP contribution in [0.15, 0.2) is 18.2 Å². The van der Waals surface area contributed by atoms with Gasteiger partial charge in [-0.2, -0.15) is 0 Å². The minimum atomic E-state index is 0.507. The maximum Gasteiger partial charge on any atom is 0.0725 e. The standard InChI is InChI=1S/C17H27NO/c1-3-5-6-7-8-17(18-4-2)14-9-10-15-12-19-13-16(15)11-14/h9-11,17-18H,3-8,12-13H2,1-2H3. The molecule has 0 saturated heterocycles. The van der Waals surface area contributed by atoms with Crippen LogP contribution in [0.5, 0.6) is 0 Å². The van der Waals surface area contributed by atoms with Crippen LogP contribution < -0.4 is 5.32 Å². The monoisotopic (exact) mass is 261 g/mol. The van der Waals surface area contributed by atoms with Crippen LogP contribution in [0.1, 0.15) is 68.7 Å². The van der Waals surface area contributed by atoms with Gasteiger partial charge in [0.05, 0.1) is 13.2 Å². The summed E-state index contributed by atoms with van der Waals surface area (Å²) in [6, 6.07) is 7.37.